The summed E-state index contributed by atoms with van der Waals surface area (Å²) >= 11 is 0. The van der Waals surface area contributed by atoms with E-state index in [4.69, 9.17) is 9.47 Å². The number of nitrogens with zero attached hydrogens (tertiary/aromatic N) is 1. The second-order valence-electron chi connectivity index (χ2n) is 6.83. The van der Waals surface area contributed by atoms with Gasteiger partial charge in [0, 0.05) is 19.6 Å². The molecule has 2 aliphatic rings. The Morgan fingerprint density at radius 2 is 2.00 bits per heavy atom. The minimum Gasteiger partial charge on any atom is -0.494 e. The summed E-state index contributed by atoms with van der Waals surface area (Å²) in [7, 11) is 0. The average molecular weight is 362 g/mol. The minimum atomic E-state index is -0.884. The molecule has 1 unspecified atom stereocenters. The Hall–Kier alpha value is -2.28. The van der Waals surface area contributed by atoms with Gasteiger partial charge < -0.3 is 24.8 Å². The molecule has 1 aromatic carbocycles. The number of nitrogens with one attached hydrogen (secondary N) is 1. The first-order valence-electron chi connectivity index (χ1n) is 9.15. The molecule has 2 aliphatic heterocycles. The summed E-state index contributed by atoms with van der Waals surface area (Å²) < 4.78 is 10.9. The van der Waals surface area contributed by atoms with Crippen molar-refractivity contribution in [1.82, 2.24) is 10.2 Å². The molecule has 2 saturated heterocycles. The Morgan fingerprint density at radius 1 is 1.31 bits per heavy atom. The molecule has 0 saturated carbocycles. The van der Waals surface area contributed by atoms with Gasteiger partial charge in [0.05, 0.1) is 18.1 Å². The van der Waals surface area contributed by atoms with Crippen LogP contribution in [-0.2, 0) is 9.59 Å². The van der Waals surface area contributed by atoms with Crippen LogP contribution in [0.4, 0.5) is 0 Å². The smallest absolute Gasteiger partial charge is 0.260 e. The van der Waals surface area contributed by atoms with E-state index in [2.05, 4.69) is 5.32 Å². The first kappa shape index (κ1) is 18.5. The van der Waals surface area contributed by atoms with E-state index in [0.717, 1.165) is 12.2 Å². The van der Waals surface area contributed by atoms with Gasteiger partial charge >= 0.3 is 0 Å². The molecule has 2 fully saturated rings. The predicted molar refractivity (Wildman–Crippen MR) is 95.0 cm³/mol. The minimum absolute atomic E-state index is 0.0955. The van der Waals surface area contributed by atoms with Gasteiger partial charge in [-0.05, 0) is 50.5 Å². The molecule has 0 radical (unpaired) electrons. The van der Waals surface area contributed by atoms with Crippen LogP contribution in [0.1, 0.15) is 26.2 Å². The van der Waals surface area contributed by atoms with Gasteiger partial charge in [-0.3, -0.25) is 9.59 Å². The van der Waals surface area contributed by atoms with Gasteiger partial charge in [0.2, 0.25) is 5.91 Å². The van der Waals surface area contributed by atoms with Crippen molar-refractivity contribution in [2.75, 3.05) is 32.8 Å². The van der Waals surface area contributed by atoms with Gasteiger partial charge in [-0.25, -0.2) is 0 Å². The van der Waals surface area contributed by atoms with E-state index in [-0.39, 0.29) is 25.0 Å². The third kappa shape index (κ3) is 3.77. The fraction of sp³-hybridized carbons (Fsp3) is 0.579. The fourth-order valence-corrected chi connectivity index (χ4v) is 3.69. The summed E-state index contributed by atoms with van der Waals surface area (Å²) in [5.74, 6) is 1.01. The van der Waals surface area contributed by atoms with Gasteiger partial charge in [-0.1, -0.05) is 0 Å². The third-order valence-electron chi connectivity index (χ3n) is 5.17. The number of piperidine rings is 2. The zero-order valence-corrected chi connectivity index (χ0v) is 15.1. The van der Waals surface area contributed by atoms with Crippen LogP contribution in [0.15, 0.2) is 24.3 Å². The number of carbonyl (C=O) groups excluding carboxylic acids is 2. The molecule has 7 nitrogen and oxygen atoms in total. The molecule has 2 atom stereocenters. The average Bonchev–Trinajstić information content (AvgIpc) is 2.65. The van der Waals surface area contributed by atoms with E-state index in [1.807, 2.05) is 6.92 Å². The molecule has 3 rings (SSSR count). The van der Waals surface area contributed by atoms with Crippen LogP contribution >= 0.6 is 0 Å². The van der Waals surface area contributed by atoms with Crippen LogP contribution < -0.4 is 14.8 Å². The second-order valence-corrected chi connectivity index (χ2v) is 6.83. The monoisotopic (exact) mass is 362 g/mol. The van der Waals surface area contributed by atoms with Crippen molar-refractivity contribution in [2.24, 2.45) is 5.41 Å². The molecule has 0 aromatic heterocycles. The lowest BCUT2D eigenvalue weighted by Crippen LogP contribution is -2.62. The first-order chi connectivity index (χ1) is 12.5. The van der Waals surface area contributed by atoms with Crippen molar-refractivity contribution < 1.29 is 24.2 Å². The van der Waals surface area contributed by atoms with E-state index in [1.165, 1.54) is 0 Å². The molecule has 2 N–H and O–H groups in total. The topological polar surface area (TPSA) is 88.1 Å². The number of ether oxygens (including phenoxy) is 2. The highest BCUT2D eigenvalue weighted by Crippen LogP contribution is 2.37. The number of aliphatic hydroxyl groups is 1. The SMILES string of the molecule is CCOc1ccc(OCC(=O)N2CCC(O)[C@@]3(CCCNC3=O)C2)cc1. The second kappa shape index (κ2) is 7.95. The van der Waals surface area contributed by atoms with Gasteiger partial charge in [0.1, 0.15) is 11.5 Å². The molecule has 1 spiro atoms. The summed E-state index contributed by atoms with van der Waals surface area (Å²) in [6, 6.07) is 7.10. The van der Waals surface area contributed by atoms with Gasteiger partial charge in [0.15, 0.2) is 6.61 Å². The van der Waals surface area contributed by atoms with Crippen molar-refractivity contribution in [2.45, 2.75) is 32.3 Å². The predicted octanol–water partition coefficient (Wildman–Crippen LogP) is 0.954. The Kier molecular flexibility index (Phi) is 5.66. The highest BCUT2D eigenvalue weighted by atomic mass is 16.5. The van der Waals surface area contributed by atoms with Gasteiger partial charge in [-0.15, -0.1) is 0 Å². The van der Waals surface area contributed by atoms with Gasteiger partial charge in [0.25, 0.3) is 5.91 Å². The Balaban J connectivity index is 1.58. The molecule has 1 aromatic rings. The van der Waals surface area contributed by atoms with E-state index in [1.54, 1.807) is 29.2 Å². The highest BCUT2D eigenvalue weighted by Gasteiger charge is 2.50. The lowest BCUT2D eigenvalue weighted by molar-refractivity contribution is -0.155. The summed E-state index contributed by atoms with van der Waals surface area (Å²) in [5.41, 5.74) is -0.884. The summed E-state index contributed by atoms with van der Waals surface area (Å²) in [6.45, 7) is 3.71. The van der Waals surface area contributed by atoms with Crippen LogP contribution in [0.5, 0.6) is 11.5 Å². The summed E-state index contributed by atoms with van der Waals surface area (Å²) in [5, 5.41) is 13.2. The number of hydrogen-bond acceptors (Lipinski definition) is 5. The van der Waals surface area contributed by atoms with E-state index in [9.17, 15) is 14.7 Å². The van der Waals surface area contributed by atoms with E-state index < -0.39 is 11.5 Å². The van der Waals surface area contributed by atoms with Crippen molar-refractivity contribution in [3.05, 3.63) is 24.3 Å². The molecule has 142 valence electrons. The Morgan fingerprint density at radius 3 is 2.65 bits per heavy atom. The molecule has 2 amide bonds. The van der Waals surface area contributed by atoms with Crippen molar-refractivity contribution >= 4 is 11.8 Å². The van der Waals surface area contributed by atoms with Crippen molar-refractivity contribution in [3.63, 3.8) is 0 Å². The maximum Gasteiger partial charge on any atom is 0.260 e. The normalized spacial score (nSPS) is 25.7. The highest BCUT2D eigenvalue weighted by molar-refractivity contribution is 5.86. The lowest BCUT2D eigenvalue weighted by Gasteiger charge is -2.46. The van der Waals surface area contributed by atoms with Crippen LogP contribution in [0.3, 0.4) is 0 Å². The van der Waals surface area contributed by atoms with Crippen molar-refractivity contribution in [1.29, 1.82) is 0 Å². The number of likely N-dealkylation sites (tertiary alicyclic amines) is 1. The van der Waals surface area contributed by atoms with Crippen molar-refractivity contribution in [3.8, 4) is 11.5 Å². The van der Waals surface area contributed by atoms with Crippen LogP contribution in [0.2, 0.25) is 0 Å². The zero-order chi connectivity index (χ0) is 18.6. The van der Waals surface area contributed by atoms with Crippen LogP contribution in [0, 0.1) is 5.41 Å². The number of aliphatic hydroxyl groups excluding tert-OH is 1. The third-order valence-corrected chi connectivity index (χ3v) is 5.17. The number of benzene rings is 1. The Bertz CT molecular complexity index is 648. The molecular weight excluding hydrogens is 336 g/mol. The number of carbonyl (C=O) groups is 2. The molecule has 26 heavy (non-hydrogen) atoms. The molecule has 2 heterocycles. The van der Waals surface area contributed by atoms with Crippen LogP contribution in [-0.4, -0.2) is 60.8 Å². The Labute approximate surface area is 153 Å². The summed E-state index contributed by atoms with van der Waals surface area (Å²) in [6.07, 6.45) is 1.11. The van der Waals surface area contributed by atoms with E-state index in [0.29, 0.717) is 38.3 Å². The van der Waals surface area contributed by atoms with Crippen LogP contribution in [0.25, 0.3) is 0 Å². The summed E-state index contributed by atoms with van der Waals surface area (Å²) in [4.78, 5) is 26.5. The quantitative estimate of drug-likeness (QED) is 0.814. The molecule has 7 heteroatoms. The number of hydrogen-bond donors (Lipinski definition) is 2. The first-order valence-corrected chi connectivity index (χ1v) is 9.15. The largest absolute Gasteiger partial charge is 0.494 e. The molecule has 0 bridgehead atoms. The zero-order valence-electron chi connectivity index (χ0n) is 15.1. The van der Waals surface area contributed by atoms with E-state index >= 15 is 0 Å². The maximum atomic E-state index is 12.5. The maximum absolute atomic E-state index is 12.5. The van der Waals surface area contributed by atoms with Gasteiger partial charge in [-0.2, -0.15) is 0 Å². The molecular formula is C19H26N2O5. The standard InChI is InChI=1S/C19H26N2O5/c1-2-25-14-4-6-15(7-5-14)26-12-17(23)21-11-8-16(22)19(13-21)9-3-10-20-18(19)24/h4-7,16,22H,2-3,8-13H2,1H3,(H,20,24)/t16?,19-/m1/s1. The number of rotatable bonds is 5. The lowest BCUT2D eigenvalue weighted by atomic mass is 9.71. The number of amides is 2. The fourth-order valence-electron chi connectivity index (χ4n) is 3.69. The molecule has 0 aliphatic carbocycles.